The van der Waals surface area contributed by atoms with Gasteiger partial charge in [-0.25, -0.2) is 0 Å². The Balaban J connectivity index is 1.24. The van der Waals surface area contributed by atoms with Crippen molar-refractivity contribution >= 4 is 5.91 Å². The van der Waals surface area contributed by atoms with Crippen LogP contribution in [0.2, 0.25) is 0 Å². The summed E-state index contributed by atoms with van der Waals surface area (Å²) >= 11 is 0. The Hall–Kier alpha value is -0.910. The van der Waals surface area contributed by atoms with Crippen molar-refractivity contribution in [2.45, 2.75) is 130 Å². The van der Waals surface area contributed by atoms with Crippen LogP contribution >= 0.6 is 0 Å². The summed E-state index contributed by atoms with van der Waals surface area (Å²) in [6, 6.07) is -0.404. The largest absolute Gasteiger partial charge is 0.393 e. The first-order valence-corrected chi connectivity index (χ1v) is 16.2. The number of carbonyl (C=O) groups is 1. The Morgan fingerprint density at radius 1 is 1.05 bits per heavy atom. The number of hydrogen-bond donors (Lipinski definition) is 4. The van der Waals surface area contributed by atoms with Crippen molar-refractivity contribution in [3.63, 3.8) is 0 Å². The molecular formula is C33H59N3O2. The van der Waals surface area contributed by atoms with Crippen LogP contribution in [0.15, 0.2) is 11.6 Å². The number of nitrogens with one attached hydrogen (secondary N) is 1. The summed E-state index contributed by atoms with van der Waals surface area (Å²) in [6.45, 7) is 11.4. The van der Waals surface area contributed by atoms with Crippen molar-refractivity contribution in [3.8, 4) is 0 Å². The van der Waals surface area contributed by atoms with Gasteiger partial charge in [0, 0.05) is 6.54 Å². The van der Waals surface area contributed by atoms with E-state index >= 15 is 0 Å². The van der Waals surface area contributed by atoms with Gasteiger partial charge in [-0.2, -0.15) is 0 Å². The van der Waals surface area contributed by atoms with Gasteiger partial charge in [0.05, 0.1) is 12.1 Å². The van der Waals surface area contributed by atoms with Gasteiger partial charge in [0.15, 0.2) is 0 Å². The molecule has 5 heteroatoms. The number of unbranched alkanes of at least 4 members (excludes halogenated alkanes) is 1. The number of amides is 1. The average Bonchev–Trinajstić information content (AvgIpc) is 3.25. The highest BCUT2D eigenvalue weighted by atomic mass is 16.3. The Kier molecular flexibility index (Phi) is 10.1. The molecule has 0 aromatic carbocycles. The minimum atomic E-state index is -0.404. The lowest BCUT2D eigenvalue weighted by molar-refractivity contribution is -0.122. The number of aliphatic hydroxyl groups is 1. The molecule has 10 atom stereocenters. The van der Waals surface area contributed by atoms with Crippen molar-refractivity contribution in [2.24, 2.45) is 57.8 Å². The zero-order valence-electron chi connectivity index (χ0n) is 25.0. The number of rotatable bonds is 12. The standard InChI is InChI=1S/C33H59N3O2/c1-22(21-36-31(38)30(35)10-5-6-19-34)8-7-9-23(2)27-13-14-28-26-12-11-24-20-25(37)15-17-32(24,3)29(26)16-18-33(27,28)4/h11,22-23,25-30,37H,5-10,12-21,34-35H2,1-4H3,(H,36,38)/t22?,23-,25+,26+,27-,28+,29+,30+,32+,33-/m1/s1. The summed E-state index contributed by atoms with van der Waals surface area (Å²) in [7, 11) is 0. The molecule has 3 fully saturated rings. The first-order valence-electron chi connectivity index (χ1n) is 16.2. The first kappa shape index (κ1) is 30.1. The summed E-state index contributed by atoms with van der Waals surface area (Å²) in [5.74, 6) is 4.65. The van der Waals surface area contributed by atoms with Gasteiger partial charge in [-0.1, -0.05) is 58.6 Å². The molecule has 6 N–H and O–H groups in total. The second-order valence-electron chi connectivity index (χ2n) is 14.5. The SMILES string of the molecule is CC(CCC[C@@H](C)[C@H]1CC[C@H]2[C@@H]3CC=C4C[C@@H](O)CC[C@]4(C)[C@H]3CC[C@]12C)CNC(=O)[C@@H](N)CCCCN. The van der Waals surface area contributed by atoms with E-state index in [1.54, 1.807) is 5.57 Å². The minimum Gasteiger partial charge on any atom is -0.393 e. The maximum atomic E-state index is 12.3. The molecular weight excluding hydrogens is 470 g/mol. The predicted octanol–water partition coefficient (Wildman–Crippen LogP) is 5.94. The number of hydrogen-bond acceptors (Lipinski definition) is 4. The molecule has 4 aliphatic rings. The van der Waals surface area contributed by atoms with E-state index in [2.05, 4.69) is 39.1 Å². The summed E-state index contributed by atoms with van der Waals surface area (Å²) < 4.78 is 0. The fourth-order valence-corrected chi connectivity index (χ4v) is 9.75. The number of allylic oxidation sites excluding steroid dienone is 1. The van der Waals surface area contributed by atoms with Crippen LogP contribution in [0.25, 0.3) is 0 Å². The molecule has 38 heavy (non-hydrogen) atoms. The van der Waals surface area contributed by atoms with Crippen molar-refractivity contribution < 1.29 is 9.90 Å². The van der Waals surface area contributed by atoms with E-state index in [4.69, 9.17) is 11.5 Å². The fraction of sp³-hybridized carbons (Fsp3) is 0.909. The van der Waals surface area contributed by atoms with Crippen molar-refractivity contribution in [1.29, 1.82) is 0 Å². The average molecular weight is 530 g/mol. The molecule has 0 aromatic rings. The van der Waals surface area contributed by atoms with E-state index in [1.807, 2.05) is 0 Å². The molecule has 4 aliphatic carbocycles. The van der Waals surface area contributed by atoms with Gasteiger partial charge in [-0.3, -0.25) is 4.79 Å². The lowest BCUT2D eigenvalue weighted by Gasteiger charge is -2.58. The van der Waals surface area contributed by atoms with E-state index in [1.165, 1.54) is 57.8 Å². The second-order valence-corrected chi connectivity index (χ2v) is 14.5. The summed E-state index contributed by atoms with van der Waals surface area (Å²) in [5.41, 5.74) is 14.0. The Morgan fingerprint density at radius 2 is 1.84 bits per heavy atom. The van der Waals surface area contributed by atoms with Crippen LogP contribution in [0.3, 0.4) is 0 Å². The third kappa shape index (κ3) is 6.20. The third-order valence-electron chi connectivity index (χ3n) is 12.1. The summed E-state index contributed by atoms with van der Waals surface area (Å²) in [6.07, 6.45) is 18.7. The molecule has 0 radical (unpaired) electrons. The zero-order chi connectivity index (χ0) is 27.5. The molecule has 4 rings (SSSR count). The maximum absolute atomic E-state index is 12.3. The molecule has 0 spiro atoms. The highest BCUT2D eigenvalue weighted by molar-refractivity contribution is 5.81. The molecule has 0 saturated heterocycles. The zero-order valence-corrected chi connectivity index (χ0v) is 25.0. The van der Waals surface area contributed by atoms with Gasteiger partial charge in [-0.05, 0) is 124 Å². The smallest absolute Gasteiger partial charge is 0.236 e. The summed E-state index contributed by atoms with van der Waals surface area (Å²) in [4.78, 5) is 12.3. The third-order valence-corrected chi connectivity index (χ3v) is 12.1. The van der Waals surface area contributed by atoms with Crippen LogP contribution in [0.4, 0.5) is 0 Å². The Morgan fingerprint density at radius 3 is 2.61 bits per heavy atom. The molecule has 0 bridgehead atoms. The summed E-state index contributed by atoms with van der Waals surface area (Å²) in [5, 5.41) is 13.4. The first-order chi connectivity index (χ1) is 18.1. The van der Waals surface area contributed by atoms with Crippen LogP contribution in [0.1, 0.15) is 118 Å². The fourth-order valence-electron chi connectivity index (χ4n) is 9.75. The number of fused-ring (bicyclic) bond motifs is 5. The minimum absolute atomic E-state index is 0.00860. The number of carbonyl (C=O) groups excluding carboxylic acids is 1. The normalized spacial score (nSPS) is 38.8. The highest BCUT2D eigenvalue weighted by Gasteiger charge is 2.59. The van der Waals surface area contributed by atoms with Crippen LogP contribution in [-0.2, 0) is 4.79 Å². The van der Waals surface area contributed by atoms with E-state index < -0.39 is 6.04 Å². The molecule has 0 aromatic heterocycles. The van der Waals surface area contributed by atoms with Gasteiger partial charge >= 0.3 is 0 Å². The van der Waals surface area contributed by atoms with Gasteiger partial charge in [0.1, 0.15) is 0 Å². The predicted molar refractivity (Wildman–Crippen MR) is 157 cm³/mol. The van der Waals surface area contributed by atoms with Crippen LogP contribution in [-0.4, -0.2) is 36.2 Å². The van der Waals surface area contributed by atoms with E-state index in [9.17, 15) is 9.90 Å². The molecule has 0 aliphatic heterocycles. The molecule has 3 saturated carbocycles. The van der Waals surface area contributed by atoms with Crippen LogP contribution in [0, 0.1) is 46.3 Å². The highest BCUT2D eigenvalue weighted by Crippen LogP contribution is 2.67. The van der Waals surface area contributed by atoms with E-state index in [0.717, 1.165) is 68.2 Å². The topological polar surface area (TPSA) is 101 Å². The van der Waals surface area contributed by atoms with Gasteiger partial charge in [0.25, 0.3) is 0 Å². The molecule has 218 valence electrons. The van der Waals surface area contributed by atoms with Crippen molar-refractivity contribution in [2.75, 3.05) is 13.1 Å². The second kappa shape index (κ2) is 12.7. The number of nitrogens with two attached hydrogens (primary N) is 2. The Labute approximate surface area is 233 Å². The lowest BCUT2D eigenvalue weighted by Crippen LogP contribution is -2.50. The molecule has 1 unspecified atom stereocenters. The Bertz CT molecular complexity index is 829. The van der Waals surface area contributed by atoms with Gasteiger partial charge in [-0.15, -0.1) is 0 Å². The van der Waals surface area contributed by atoms with Gasteiger partial charge < -0.3 is 21.9 Å². The van der Waals surface area contributed by atoms with Gasteiger partial charge in [0.2, 0.25) is 5.91 Å². The maximum Gasteiger partial charge on any atom is 0.236 e. The monoisotopic (exact) mass is 529 g/mol. The van der Waals surface area contributed by atoms with E-state index in [0.29, 0.717) is 23.3 Å². The molecule has 0 heterocycles. The molecule has 5 nitrogen and oxygen atoms in total. The van der Waals surface area contributed by atoms with E-state index in [-0.39, 0.29) is 12.0 Å². The quantitative estimate of drug-likeness (QED) is 0.186. The lowest BCUT2D eigenvalue weighted by atomic mass is 9.47. The van der Waals surface area contributed by atoms with Crippen LogP contribution < -0.4 is 16.8 Å². The van der Waals surface area contributed by atoms with Crippen molar-refractivity contribution in [1.82, 2.24) is 5.32 Å². The van der Waals surface area contributed by atoms with Crippen LogP contribution in [0.5, 0.6) is 0 Å². The number of aliphatic hydroxyl groups excluding tert-OH is 1. The van der Waals surface area contributed by atoms with Crippen molar-refractivity contribution in [3.05, 3.63) is 11.6 Å². The molecule has 1 amide bonds.